The number of anilines is 3. The van der Waals surface area contributed by atoms with Crippen molar-refractivity contribution in [3.05, 3.63) is 35.5 Å². The molecule has 20 heavy (non-hydrogen) atoms. The number of ether oxygens (including phenoxy) is 1. The SMILES string of the molecule is COc1ccc(F)c(Nc2nc(N)nc3sccc23)c1. The highest BCUT2D eigenvalue weighted by Crippen LogP contribution is 2.30. The molecular weight excluding hydrogens is 279 g/mol. The van der Waals surface area contributed by atoms with E-state index >= 15 is 0 Å². The van der Waals surface area contributed by atoms with Gasteiger partial charge < -0.3 is 15.8 Å². The molecule has 0 spiro atoms. The summed E-state index contributed by atoms with van der Waals surface area (Å²) in [5.41, 5.74) is 5.93. The predicted octanol–water partition coefficient (Wildman–Crippen LogP) is 3.16. The first-order valence-electron chi connectivity index (χ1n) is 5.78. The minimum absolute atomic E-state index is 0.144. The molecule has 2 heterocycles. The van der Waals surface area contributed by atoms with E-state index in [0.29, 0.717) is 11.6 Å². The largest absolute Gasteiger partial charge is 0.497 e. The Kier molecular flexibility index (Phi) is 3.11. The number of hydrogen-bond donors (Lipinski definition) is 2. The molecule has 0 amide bonds. The van der Waals surface area contributed by atoms with Gasteiger partial charge in [0.25, 0.3) is 0 Å². The average Bonchev–Trinajstić information content (AvgIpc) is 2.89. The van der Waals surface area contributed by atoms with Crippen molar-refractivity contribution in [3.63, 3.8) is 0 Å². The van der Waals surface area contributed by atoms with Gasteiger partial charge in [-0.05, 0) is 23.6 Å². The lowest BCUT2D eigenvalue weighted by molar-refractivity contribution is 0.414. The molecule has 1 aromatic carbocycles. The summed E-state index contributed by atoms with van der Waals surface area (Å²) in [6, 6.07) is 6.30. The summed E-state index contributed by atoms with van der Waals surface area (Å²) in [6.45, 7) is 0. The number of rotatable bonds is 3. The van der Waals surface area contributed by atoms with E-state index in [-0.39, 0.29) is 11.6 Å². The zero-order valence-electron chi connectivity index (χ0n) is 10.6. The van der Waals surface area contributed by atoms with Crippen molar-refractivity contribution in [2.45, 2.75) is 0 Å². The lowest BCUT2D eigenvalue weighted by Crippen LogP contribution is -2.01. The van der Waals surface area contributed by atoms with Gasteiger partial charge in [-0.25, -0.2) is 9.37 Å². The van der Waals surface area contributed by atoms with E-state index in [9.17, 15) is 4.39 Å². The van der Waals surface area contributed by atoms with Crippen LogP contribution in [0.2, 0.25) is 0 Å². The molecule has 7 heteroatoms. The van der Waals surface area contributed by atoms with Gasteiger partial charge in [0, 0.05) is 6.07 Å². The van der Waals surface area contributed by atoms with Crippen LogP contribution in [-0.4, -0.2) is 17.1 Å². The summed E-state index contributed by atoms with van der Waals surface area (Å²) in [5, 5.41) is 5.62. The lowest BCUT2D eigenvalue weighted by atomic mass is 10.2. The summed E-state index contributed by atoms with van der Waals surface area (Å²) in [7, 11) is 1.52. The van der Waals surface area contributed by atoms with Crippen LogP contribution < -0.4 is 15.8 Å². The minimum Gasteiger partial charge on any atom is -0.497 e. The van der Waals surface area contributed by atoms with Crippen molar-refractivity contribution in [3.8, 4) is 5.75 Å². The summed E-state index contributed by atoms with van der Waals surface area (Å²) < 4.78 is 18.9. The number of nitrogens with one attached hydrogen (secondary N) is 1. The van der Waals surface area contributed by atoms with Gasteiger partial charge in [0.2, 0.25) is 5.95 Å². The fraction of sp³-hybridized carbons (Fsp3) is 0.0769. The molecule has 0 fully saturated rings. The molecule has 0 saturated carbocycles. The Balaban J connectivity index is 2.07. The molecule has 2 aromatic heterocycles. The maximum absolute atomic E-state index is 13.8. The number of fused-ring (bicyclic) bond motifs is 1. The molecule has 3 N–H and O–H groups in total. The number of aromatic nitrogens is 2. The van der Waals surface area contributed by atoms with E-state index < -0.39 is 5.82 Å². The van der Waals surface area contributed by atoms with Gasteiger partial charge in [0.15, 0.2) is 0 Å². The second-order valence-corrected chi connectivity index (χ2v) is 4.94. The third kappa shape index (κ3) is 2.23. The molecule has 3 rings (SSSR count). The zero-order chi connectivity index (χ0) is 14.1. The molecule has 5 nitrogen and oxygen atoms in total. The highest BCUT2D eigenvalue weighted by Gasteiger charge is 2.10. The van der Waals surface area contributed by atoms with Crippen LogP contribution in [-0.2, 0) is 0 Å². The first-order chi connectivity index (χ1) is 9.67. The lowest BCUT2D eigenvalue weighted by Gasteiger charge is -2.10. The summed E-state index contributed by atoms with van der Waals surface area (Å²) in [6.07, 6.45) is 0. The molecule has 0 atom stereocenters. The Labute approximate surface area is 118 Å². The van der Waals surface area contributed by atoms with Crippen molar-refractivity contribution >= 4 is 39.0 Å². The highest BCUT2D eigenvalue weighted by atomic mass is 32.1. The van der Waals surface area contributed by atoms with Gasteiger partial charge in [0.1, 0.15) is 22.2 Å². The van der Waals surface area contributed by atoms with Crippen molar-refractivity contribution in [2.24, 2.45) is 0 Å². The minimum atomic E-state index is -0.397. The Morgan fingerprint density at radius 3 is 2.95 bits per heavy atom. The normalized spacial score (nSPS) is 10.7. The first-order valence-corrected chi connectivity index (χ1v) is 6.66. The van der Waals surface area contributed by atoms with Crippen LogP contribution in [0, 0.1) is 5.82 Å². The van der Waals surface area contributed by atoms with Gasteiger partial charge in [-0.1, -0.05) is 0 Å². The number of hydrogen-bond acceptors (Lipinski definition) is 6. The Morgan fingerprint density at radius 2 is 2.15 bits per heavy atom. The van der Waals surface area contributed by atoms with E-state index in [1.165, 1.54) is 24.5 Å². The Morgan fingerprint density at radius 1 is 1.30 bits per heavy atom. The van der Waals surface area contributed by atoms with E-state index in [2.05, 4.69) is 15.3 Å². The fourth-order valence-electron chi connectivity index (χ4n) is 1.82. The zero-order valence-corrected chi connectivity index (χ0v) is 11.4. The number of nitrogens with zero attached hydrogens (tertiary/aromatic N) is 2. The second kappa shape index (κ2) is 4.93. The van der Waals surface area contributed by atoms with E-state index in [4.69, 9.17) is 10.5 Å². The number of methoxy groups -OCH3 is 1. The summed E-state index contributed by atoms with van der Waals surface area (Å²) in [4.78, 5) is 8.99. The fourth-order valence-corrected chi connectivity index (χ4v) is 2.59. The molecule has 3 aromatic rings. The van der Waals surface area contributed by atoms with Crippen LogP contribution in [0.1, 0.15) is 0 Å². The molecule has 0 unspecified atom stereocenters. The quantitative estimate of drug-likeness (QED) is 0.775. The van der Waals surface area contributed by atoms with Gasteiger partial charge in [0.05, 0.1) is 18.2 Å². The van der Waals surface area contributed by atoms with E-state index in [0.717, 1.165) is 10.2 Å². The van der Waals surface area contributed by atoms with Crippen molar-refractivity contribution < 1.29 is 9.13 Å². The van der Waals surface area contributed by atoms with E-state index in [1.807, 2.05) is 11.4 Å². The van der Waals surface area contributed by atoms with Crippen LogP contribution >= 0.6 is 11.3 Å². The number of nitrogen functional groups attached to an aromatic ring is 1. The Hall–Kier alpha value is -2.41. The van der Waals surface area contributed by atoms with Crippen molar-refractivity contribution in [1.82, 2.24) is 9.97 Å². The topological polar surface area (TPSA) is 73.1 Å². The molecule has 0 saturated heterocycles. The van der Waals surface area contributed by atoms with E-state index in [1.54, 1.807) is 12.1 Å². The van der Waals surface area contributed by atoms with Gasteiger partial charge >= 0.3 is 0 Å². The number of halogens is 1. The standard InChI is InChI=1S/C13H11FN4OS/c1-19-7-2-3-9(14)10(6-7)16-11-8-4-5-20-12(8)18-13(15)17-11/h2-6H,1H3,(H3,15,16,17,18). The number of benzene rings is 1. The highest BCUT2D eigenvalue weighted by molar-refractivity contribution is 7.16. The third-order valence-electron chi connectivity index (χ3n) is 2.77. The predicted molar refractivity (Wildman–Crippen MR) is 78.1 cm³/mol. The molecule has 0 radical (unpaired) electrons. The van der Waals surface area contributed by atoms with Crippen LogP contribution in [0.15, 0.2) is 29.6 Å². The van der Waals surface area contributed by atoms with Crippen LogP contribution in [0.3, 0.4) is 0 Å². The molecule has 0 aliphatic rings. The average molecular weight is 290 g/mol. The molecule has 0 aliphatic carbocycles. The van der Waals surface area contributed by atoms with Gasteiger partial charge in [-0.15, -0.1) is 11.3 Å². The molecule has 0 aliphatic heterocycles. The molecule has 0 bridgehead atoms. The second-order valence-electron chi connectivity index (χ2n) is 4.04. The Bertz CT molecular complexity index is 774. The number of thiophene rings is 1. The smallest absolute Gasteiger partial charge is 0.223 e. The maximum atomic E-state index is 13.8. The third-order valence-corrected chi connectivity index (χ3v) is 3.58. The molecular formula is C13H11FN4OS. The molecule has 102 valence electrons. The summed E-state index contributed by atoms with van der Waals surface area (Å²) >= 11 is 1.45. The number of nitrogens with two attached hydrogens (primary N) is 1. The monoisotopic (exact) mass is 290 g/mol. The van der Waals surface area contributed by atoms with Crippen LogP contribution in [0.25, 0.3) is 10.2 Å². The van der Waals surface area contributed by atoms with Crippen LogP contribution in [0.4, 0.5) is 21.8 Å². The maximum Gasteiger partial charge on any atom is 0.223 e. The van der Waals surface area contributed by atoms with Gasteiger partial charge in [-0.3, -0.25) is 0 Å². The van der Waals surface area contributed by atoms with Crippen LogP contribution in [0.5, 0.6) is 5.75 Å². The van der Waals surface area contributed by atoms with Gasteiger partial charge in [-0.2, -0.15) is 4.98 Å². The summed E-state index contributed by atoms with van der Waals surface area (Å²) in [5.74, 6) is 0.774. The van der Waals surface area contributed by atoms with Crippen molar-refractivity contribution in [1.29, 1.82) is 0 Å². The first kappa shape index (κ1) is 12.6. The van der Waals surface area contributed by atoms with Crippen molar-refractivity contribution in [2.75, 3.05) is 18.2 Å².